The van der Waals surface area contributed by atoms with Crippen LogP contribution in [-0.4, -0.2) is 24.0 Å². The minimum atomic E-state index is -0.265. The van der Waals surface area contributed by atoms with Crippen LogP contribution >= 0.6 is 0 Å². The standard InChI is InChI=1S/C17H28N4O/c1-6-12-9-8-10-13(7-2)15(12)20-16(18)19-11-14(22)21-17(3,4)5/h8-10H,6-7,11H2,1-5H3,(H,21,22)(H3,18,19,20). The molecule has 0 aliphatic rings. The second kappa shape index (κ2) is 7.82. The first kappa shape index (κ1) is 18.0. The summed E-state index contributed by atoms with van der Waals surface area (Å²) in [4.78, 5) is 15.9. The number of guanidine groups is 1. The van der Waals surface area contributed by atoms with E-state index < -0.39 is 0 Å². The van der Waals surface area contributed by atoms with Gasteiger partial charge in [0, 0.05) is 11.2 Å². The lowest BCUT2D eigenvalue weighted by Crippen LogP contribution is -2.42. The molecule has 0 aliphatic heterocycles. The third kappa shape index (κ3) is 5.76. The molecule has 122 valence electrons. The average molecular weight is 304 g/mol. The molecule has 1 rings (SSSR count). The van der Waals surface area contributed by atoms with Gasteiger partial charge in [0.15, 0.2) is 5.96 Å². The van der Waals surface area contributed by atoms with E-state index in [4.69, 9.17) is 5.73 Å². The van der Waals surface area contributed by atoms with Gasteiger partial charge in [0.05, 0.1) is 0 Å². The number of carbonyl (C=O) groups is 1. The van der Waals surface area contributed by atoms with E-state index in [-0.39, 0.29) is 24.0 Å². The summed E-state index contributed by atoms with van der Waals surface area (Å²) < 4.78 is 0. The average Bonchev–Trinajstić information content (AvgIpc) is 2.43. The summed E-state index contributed by atoms with van der Waals surface area (Å²) in [6, 6.07) is 6.19. The number of carbonyl (C=O) groups excluding carboxylic acids is 1. The Morgan fingerprint density at radius 2 is 1.73 bits per heavy atom. The van der Waals surface area contributed by atoms with E-state index in [1.165, 1.54) is 11.1 Å². The lowest BCUT2D eigenvalue weighted by atomic mass is 10.0. The minimum absolute atomic E-state index is 0.0197. The maximum Gasteiger partial charge on any atom is 0.242 e. The van der Waals surface area contributed by atoms with Crippen LogP contribution in [0.4, 0.5) is 5.69 Å². The van der Waals surface area contributed by atoms with Crippen LogP contribution in [0.5, 0.6) is 0 Å². The number of hydrogen-bond acceptors (Lipinski definition) is 2. The zero-order chi connectivity index (χ0) is 16.8. The van der Waals surface area contributed by atoms with E-state index in [2.05, 4.69) is 41.6 Å². The van der Waals surface area contributed by atoms with Gasteiger partial charge in [0.25, 0.3) is 0 Å². The van der Waals surface area contributed by atoms with Crippen molar-refractivity contribution in [3.05, 3.63) is 29.3 Å². The number of amides is 1. The maximum atomic E-state index is 11.8. The second-order valence-corrected chi connectivity index (χ2v) is 6.28. The van der Waals surface area contributed by atoms with E-state index in [0.29, 0.717) is 0 Å². The molecule has 0 bridgehead atoms. The topological polar surface area (TPSA) is 79.5 Å². The van der Waals surface area contributed by atoms with Crippen molar-refractivity contribution in [1.29, 1.82) is 0 Å². The van der Waals surface area contributed by atoms with Crippen molar-refractivity contribution in [2.75, 3.05) is 11.9 Å². The summed E-state index contributed by atoms with van der Waals surface area (Å²) in [5.74, 6) is 0.122. The molecule has 5 heteroatoms. The van der Waals surface area contributed by atoms with Crippen LogP contribution in [-0.2, 0) is 17.6 Å². The molecule has 0 saturated heterocycles. The highest BCUT2D eigenvalue weighted by molar-refractivity contribution is 5.95. The summed E-state index contributed by atoms with van der Waals surface area (Å²) >= 11 is 0. The highest BCUT2D eigenvalue weighted by Crippen LogP contribution is 2.22. The normalized spacial score (nSPS) is 12.1. The molecule has 0 aromatic heterocycles. The Hall–Kier alpha value is -2.04. The quantitative estimate of drug-likeness (QED) is 0.577. The van der Waals surface area contributed by atoms with Crippen molar-refractivity contribution < 1.29 is 4.79 Å². The van der Waals surface area contributed by atoms with Gasteiger partial charge in [-0.3, -0.25) is 4.79 Å². The van der Waals surface area contributed by atoms with Crippen LogP contribution in [0.2, 0.25) is 0 Å². The van der Waals surface area contributed by atoms with Gasteiger partial charge in [-0.2, -0.15) is 0 Å². The van der Waals surface area contributed by atoms with Crippen molar-refractivity contribution >= 4 is 17.6 Å². The first-order valence-electron chi connectivity index (χ1n) is 7.75. The number of nitrogens with one attached hydrogen (secondary N) is 2. The summed E-state index contributed by atoms with van der Waals surface area (Å²) in [7, 11) is 0. The zero-order valence-corrected chi connectivity index (χ0v) is 14.3. The van der Waals surface area contributed by atoms with Crippen LogP contribution in [0.3, 0.4) is 0 Å². The first-order valence-corrected chi connectivity index (χ1v) is 7.75. The number of nitrogens with zero attached hydrogens (tertiary/aromatic N) is 1. The summed E-state index contributed by atoms with van der Waals surface area (Å²) in [6.07, 6.45) is 1.82. The van der Waals surface area contributed by atoms with Gasteiger partial charge < -0.3 is 16.4 Å². The molecule has 0 saturated carbocycles. The fourth-order valence-corrected chi connectivity index (χ4v) is 2.19. The molecule has 1 amide bonds. The van der Waals surface area contributed by atoms with Gasteiger partial charge >= 0.3 is 0 Å². The Balaban J connectivity index is 2.78. The predicted molar refractivity (Wildman–Crippen MR) is 93.2 cm³/mol. The highest BCUT2D eigenvalue weighted by Gasteiger charge is 2.13. The summed E-state index contributed by atoms with van der Waals surface area (Å²) in [6.45, 7) is 10.0. The predicted octanol–water partition coefficient (Wildman–Crippen LogP) is 2.45. The van der Waals surface area contributed by atoms with Gasteiger partial charge in [-0.25, -0.2) is 4.99 Å². The van der Waals surface area contributed by atoms with Gasteiger partial charge in [-0.1, -0.05) is 32.0 Å². The summed E-state index contributed by atoms with van der Waals surface area (Å²) in [5, 5.41) is 6.00. The van der Waals surface area contributed by atoms with Crippen LogP contribution < -0.4 is 16.4 Å². The van der Waals surface area contributed by atoms with E-state index in [9.17, 15) is 4.79 Å². The number of aliphatic imine (C=N–C) groups is 1. The third-order valence-electron chi connectivity index (χ3n) is 3.16. The fraction of sp³-hybridized carbons (Fsp3) is 0.529. The number of hydrogen-bond donors (Lipinski definition) is 3. The number of benzene rings is 1. The Kier molecular flexibility index (Phi) is 6.40. The molecule has 0 atom stereocenters. The fourth-order valence-electron chi connectivity index (χ4n) is 2.19. The molecular formula is C17H28N4O. The van der Waals surface area contributed by atoms with E-state index in [0.717, 1.165) is 18.5 Å². The van der Waals surface area contributed by atoms with Crippen LogP contribution in [0.25, 0.3) is 0 Å². The van der Waals surface area contributed by atoms with Crippen molar-refractivity contribution in [1.82, 2.24) is 5.32 Å². The van der Waals surface area contributed by atoms with E-state index >= 15 is 0 Å². The molecule has 5 nitrogen and oxygen atoms in total. The number of anilines is 1. The maximum absolute atomic E-state index is 11.8. The van der Waals surface area contributed by atoms with Crippen LogP contribution in [0, 0.1) is 0 Å². The van der Waals surface area contributed by atoms with Crippen molar-refractivity contribution in [3.63, 3.8) is 0 Å². The molecule has 0 fully saturated rings. The van der Waals surface area contributed by atoms with Crippen molar-refractivity contribution in [2.45, 2.75) is 53.0 Å². The smallest absolute Gasteiger partial charge is 0.242 e. The molecule has 0 radical (unpaired) electrons. The lowest BCUT2D eigenvalue weighted by molar-refractivity contribution is -0.121. The molecule has 0 heterocycles. The monoisotopic (exact) mass is 304 g/mol. The molecule has 0 spiro atoms. The van der Waals surface area contributed by atoms with Gasteiger partial charge in [-0.15, -0.1) is 0 Å². The highest BCUT2D eigenvalue weighted by atomic mass is 16.2. The van der Waals surface area contributed by atoms with Crippen molar-refractivity contribution in [2.24, 2.45) is 10.7 Å². The van der Waals surface area contributed by atoms with Gasteiger partial charge in [0.1, 0.15) is 6.54 Å². The number of para-hydroxylation sites is 1. The first-order chi connectivity index (χ1) is 10.3. The van der Waals surface area contributed by atoms with Gasteiger partial charge in [0.2, 0.25) is 5.91 Å². The number of aryl methyl sites for hydroxylation is 2. The zero-order valence-electron chi connectivity index (χ0n) is 14.3. The molecule has 22 heavy (non-hydrogen) atoms. The molecule has 1 aromatic carbocycles. The van der Waals surface area contributed by atoms with Gasteiger partial charge in [-0.05, 0) is 44.7 Å². The Labute approximate surface area is 133 Å². The summed E-state index contributed by atoms with van der Waals surface area (Å²) in [5.41, 5.74) is 9.05. The lowest BCUT2D eigenvalue weighted by Gasteiger charge is -2.20. The number of nitrogens with two attached hydrogens (primary N) is 1. The van der Waals surface area contributed by atoms with Crippen LogP contribution in [0.15, 0.2) is 23.2 Å². The molecule has 4 N–H and O–H groups in total. The van der Waals surface area contributed by atoms with Crippen LogP contribution in [0.1, 0.15) is 45.7 Å². The Morgan fingerprint density at radius 3 is 2.18 bits per heavy atom. The Bertz CT molecular complexity index is 522. The third-order valence-corrected chi connectivity index (χ3v) is 3.16. The van der Waals surface area contributed by atoms with E-state index in [1.807, 2.05) is 26.8 Å². The molecule has 0 aliphatic carbocycles. The molecule has 1 aromatic rings. The second-order valence-electron chi connectivity index (χ2n) is 6.28. The SMILES string of the molecule is CCc1cccc(CC)c1NC(N)=NCC(=O)NC(C)(C)C. The molecule has 0 unspecified atom stereocenters. The van der Waals surface area contributed by atoms with Crippen molar-refractivity contribution in [3.8, 4) is 0 Å². The molecular weight excluding hydrogens is 276 g/mol. The Morgan fingerprint density at radius 1 is 1.18 bits per heavy atom. The van der Waals surface area contributed by atoms with E-state index in [1.54, 1.807) is 0 Å². The minimum Gasteiger partial charge on any atom is -0.370 e. The number of rotatable bonds is 5. The largest absolute Gasteiger partial charge is 0.370 e.